The van der Waals surface area contributed by atoms with Crippen molar-refractivity contribution in [2.24, 2.45) is 0 Å². The summed E-state index contributed by atoms with van der Waals surface area (Å²) < 4.78 is 30.1. The minimum atomic E-state index is -3.26. The normalized spacial score (nSPS) is 11.2. The molecule has 0 aromatic carbocycles. The van der Waals surface area contributed by atoms with Crippen LogP contribution in [0.3, 0.4) is 0 Å². The second kappa shape index (κ2) is 5.67. The predicted octanol–water partition coefficient (Wildman–Crippen LogP) is 0.611. The molecular formula is C10H13F2N3O3. The lowest BCUT2D eigenvalue weighted by molar-refractivity contribution is -0.0373. The maximum absolute atomic E-state index is 12.8. The van der Waals surface area contributed by atoms with Crippen molar-refractivity contribution in [1.82, 2.24) is 9.97 Å². The molecule has 0 unspecified atom stereocenters. The van der Waals surface area contributed by atoms with Crippen molar-refractivity contribution in [3.8, 4) is 0 Å². The smallest absolute Gasteiger partial charge is 0.376 e. The van der Waals surface area contributed by atoms with Gasteiger partial charge in [-0.2, -0.15) is 0 Å². The third-order valence-corrected chi connectivity index (χ3v) is 1.98. The van der Waals surface area contributed by atoms with Crippen molar-refractivity contribution in [2.75, 3.05) is 25.6 Å². The minimum Gasteiger partial charge on any atom is -0.463 e. The van der Waals surface area contributed by atoms with Crippen LogP contribution in [-0.4, -0.2) is 47.2 Å². The van der Waals surface area contributed by atoms with E-state index in [1.165, 1.54) is 13.2 Å². The quantitative estimate of drug-likeness (QED) is 0.755. The first-order valence-corrected chi connectivity index (χ1v) is 5.04. The van der Waals surface area contributed by atoms with Crippen molar-refractivity contribution >= 4 is 11.8 Å². The number of nitrogens with zero attached hydrogens (tertiary/aromatic N) is 2. The summed E-state index contributed by atoms with van der Waals surface area (Å²) in [5.41, 5.74) is 0.431. The molecule has 18 heavy (non-hydrogen) atoms. The Morgan fingerprint density at radius 2 is 2.22 bits per heavy atom. The summed E-state index contributed by atoms with van der Waals surface area (Å²) >= 11 is 0. The number of anilines is 1. The summed E-state index contributed by atoms with van der Waals surface area (Å²) in [6.07, 6.45) is 0. The number of halogens is 2. The number of esters is 1. The van der Waals surface area contributed by atoms with E-state index in [2.05, 4.69) is 20.0 Å². The summed E-state index contributed by atoms with van der Waals surface area (Å²) in [5.74, 6) is -4.16. The molecular weight excluding hydrogens is 248 g/mol. The van der Waals surface area contributed by atoms with E-state index in [9.17, 15) is 13.6 Å². The van der Waals surface area contributed by atoms with Gasteiger partial charge in [-0.25, -0.2) is 23.5 Å². The Morgan fingerprint density at radius 3 is 2.78 bits per heavy atom. The number of ether oxygens (including phenoxy) is 1. The molecule has 1 aromatic rings. The lowest BCUT2D eigenvalue weighted by Gasteiger charge is -2.14. The molecule has 0 atom stereocenters. The monoisotopic (exact) mass is 261 g/mol. The molecule has 0 aliphatic rings. The Bertz CT molecular complexity index is 440. The zero-order chi connectivity index (χ0) is 13.8. The molecule has 1 rings (SSSR count). The van der Waals surface area contributed by atoms with Gasteiger partial charge in [0.25, 0.3) is 5.92 Å². The van der Waals surface area contributed by atoms with Crippen molar-refractivity contribution in [1.29, 1.82) is 0 Å². The van der Waals surface area contributed by atoms with Crippen molar-refractivity contribution < 1.29 is 23.4 Å². The number of methoxy groups -OCH3 is 1. The lowest BCUT2D eigenvalue weighted by Crippen LogP contribution is -2.31. The van der Waals surface area contributed by atoms with E-state index in [-0.39, 0.29) is 11.6 Å². The lowest BCUT2D eigenvalue weighted by atomic mass is 10.3. The van der Waals surface area contributed by atoms with Gasteiger partial charge in [0.15, 0.2) is 0 Å². The Labute approximate surface area is 102 Å². The fraction of sp³-hybridized carbons (Fsp3) is 0.500. The third-order valence-electron chi connectivity index (χ3n) is 1.98. The van der Waals surface area contributed by atoms with Crippen LogP contribution in [-0.2, 0) is 4.74 Å². The number of rotatable bonds is 5. The van der Waals surface area contributed by atoms with E-state index in [1.807, 2.05) is 0 Å². The molecule has 0 saturated carbocycles. The molecule has 0 radical (unpaired) electrons. The number of aliphatic hydroxyl groups excluding tert-OH is 1. The van der Waals surface area contributed by atoms with Gasteiger partial charge in [-0.15, -0.1) is 0 Å². The first-order valence-electron chi connectivity index (χ1n) is 5.04. The molecule has 0 spiro atoms. The van der Waals surface area contributed by atoms with Crippen molar-refractivity contribution in [3.05, 3.63) is 17.6 Å². The van der Waals surface area contributed by atoms with E-state index >= 15 is 0 Å². The third kappa shape index (κ3) is 3.88. The van der Waals surface area contributed by atoms with Crippen LogP contribution in [0.2, 0.25) is 0 Å². The van der Waals surface area contributed by atoms with Crippen LogP contribution >= 0.6 is 0 Å². The Morgan fingerprint density at radius 1 is 1.56 bits per heavy atom. The van der Waals surface area contributed by atoms with Crippen LogP contribution in [0.5, 0.6) is 0 Å². The Hall–Kier alpha value is -1.83. The standard InChI is InChI=1S/C10H13F2N3O3/c1-6-3-7(13-4-10(11,12)5-16)15-8(14-6)9(17)18-2/h3,16H,4-5H2,1-2H3,(H,13,14,15). The van der Waals surface area contributed by atoms with Gasteiger partial charge < -0.3 is 15.2 Å². The fourth-order valence-corrected chi connectivity index (χ4v) is 1.12. The number of hydrogen-bond donors (Lipinski definition) is 2. The van der Waals surface area contributed by atoms with Gasteiger partial charge in [0.1, 0.15) is 12.4 Å². The highest BCUT2D eigenvalue weighted by Gasteiger charge is 2.27. The van der Waals surface area contributed by atoms with Crippen LogP contribution in [0.15, 0.2) is 6.07 Å². The average molecular weight is 261 g/mol. The van der Waals surface area contributed by atoms with Gasteiger partial charge in [-0.1, -0.05) is 0 Å². The van der Waals surface area contributed by atoms with Gasteiger partial charge >= 0.3 is 5.97 Å². The van der Waals surface area contributed by atoms with Crippen LogP contribution < -0.4 is 5.32 Å². The highest BCUT2D eigenvalue weighted by atomic mass is 19.3. The second-order valence-corrected chi connectivity index (χ2v) is 3.58. The summed E-state index contributed by atoms with van der Waals surface area (Å²) in [6, 6.07) is 1.40. The summed E-state index contributed by atoms with van der Waals surface area (Å²) in [7, 11) is 1.17. The van der Waals surface area contributed by atoms with E-state index in [1.54, 1.807) is 6.92 Å². The number of aromatic nitrogens is 2. The zero-order valence-corrected chi connectivity index (χ0v) is 9.91. The second-order valence-electron chi connectivity index (χ2n) is 3.58. The molecule has 0 aliphatic carbocycles. The van der Waals surface area contributed by atoms with Crippen LogP contribution in [0.25, 0.3) is 0 Å². The molecule has 2 N–H and O–H groups in total. The topological polar surface area (TPSA) is 84.3 Å². The van der Waals surface area contributed by atoms with Crippen LogP contribution in [0, 0.1) is 6.92 Å². The minimum absolute atomic E-state index is 0.0658. The molecule has 0 aliphatic heterocycles. The van der Waals surface area contributed by atoms with E-state index in [4.69, 9.17) is 5.11 Å². The largest absolute Gasteiger partial charge is 0.463 e. The molecule has 0 amide bonds. The first kappa shape index (κ1) is 14.2. The molecule has 0 saturated heterocycles. The number of aliphatic hydroxyl groups is 1. The maximum atomic E-state index is 12.8. The predicted molar refractivity (Wildman–Crippen MR) is 58.6 cm³/mol. The number of carbonyl (C=O) groups is 1. The number of carbonyl (C=O) groups excluding carboxylic acids is 1. The average Bonchev–Trinajstić information content (AvgIpc) is 2.35. The summed E-state index contributed by atoms with van der Waals surface area (Å²) in [4.78, 5) is 18.7. The molecule has 0 bridgehead atoms. The fourth-order valence-electron chi connectivity index (χ4n) is 1.12. The van der Waals surface area contributed by atoms with Crippen LogP contribution in [0.1, 0.15) is 16.3 Å². The van der Waals surface area contributed by atoms with Gasteiger partial charge in [-0.3, -0.25) is 0 Å². The molecule has 0 fully saturated rings. The summed E-state index contributed by atoms with van der Waals surface area (Å²) in [5, 5.41) is 10.7. The first-order chi connectivity index (χ1) is 8.38. The molecule has 1 heterocycles. The molecule has 8 heteroatoms. The van der Waals surface area contributed by atoms with Crippen LogP contribution in [0.4, 0.5) is 14.6 Å². The highest BCUT2D eigenvalue weighted by molar-refractivity contribution is 5.85. The van der Waals surface area contributed by atoms with E-state index in [0.717, 1.165) is 0 Å². The number of nitrogens with one attached hydrogen (secondary N) is 1. The van der Waals surface area contributed by atoms with Gasteiger partial charge in [0.05, 0.1) is 13.7 Å². The maximum Gasteiger partial charge on any atom is 0.376 e. The molecule has 100 valence electrons. The SMILES string of the molecule is COC(=O)c1nc(C)cc(NCC(F)(F)CO)n1. The zero-order valence-electron chi connectivity index (χ0n) is 9.91. The van der Waals surface area contributed by atoms with Gasteiger partial charge in [-0.05, 0) is 6.92 Å². The number of aryl methyl sites for hydroxylation is 1. The van der Waals surface area contributed by atoms with Gasteiger partial charge in [0.2, 0.25) is 5.82 Å². The van der Waals surface area contributed by atoms with E-state index in [0.29, 0.717) is 5.69 Å². The highest BCUT2D eigenvalue weighted by Crippen LogP contribution is 2.14. The Kier molecular flexibility index (Phi) is 4.49. The van der Waals surface area contributed by atoms with Gasteiger partial charge in [0, 0.05) is 11.8 Å². The number of hydrogen-bond acceptors (Lipinski definition) is 6. The van der Waals surface area contributed by atoms with Crippen molar-refractivity contribution in [2.45, 2.75) is 12.8 Å². The van der Waals surface area contributed by atoms with E-state index < -0.39 is 25.0 Å². The Balaban J connectivity index is 2.84. The number of alkyl halides is 2. The molecule has 1 aromatic heterocycles. The van der Waals surface area contributed by atoms with Crippen molar-refractivity contribution in [3.63, 3.8) is 0 Å². The molecule has 6 nitrogen and oxygen atoms in total. The summed E-state index contributed by atoms with van der Waals surface area (Å²) in [6.45, 7) is -0.474.